The van der Waals surface area contributed by atoms with Crippen molar-refractivity contribution < 1.29 is 9.84 Å². The maximum Gasteiger partial charge on any atom is 0.191 e. The van der Waals surface area contributed by atoms with E-state index in [1.807, 2.05) is 0 Å². The van der Waals surface area contributed by atoms with Crippen LogP contribution in [0.2, 0.25) is 0 Å². The van der Waals surface area contributed by atoms with Crippen LogP contribution in [0.4, 0.5) is 0 Å². The van der Waals surface area contributed by atoms with Crippen LogP contribution in [0.1, 0.15) is 50.2 Å². The van der Waals surface area contributed by atoms with Gasteiger partial charge in [-0.15, -0.1) is 0 Å². The van der Waals surface area contributed by atoms with Crippen LogP contribution < -0.4 is 10.6 Å². The number of hydrogen-bond donors (Lipinski definition) is 3. The molecular formula is C22H36N4O2. The van der Waals surface area contributed by atoms with E-state index in [-0.39, 0.29) is 0 Å². The second kappa shape index (κ2) is 10.8. The maximum absolute atomic E-state index is 10.6. The van der Waals surface area contributed by atoms with Gasteiger partial charge >= 0.3 is 0 Å². The van der Waals surface area contributed by atoms with Gasteiger partial charge in [-0.25, -0.2) is 4.99 Å². The van der Waals surface area contributed by atoms with Gasteiger partial charge in [0.25, 0.3) is 0 Å². The minimum absolute atomic E-state index is 0.497. The van der Waals surface area contributed by atoms with Crippen molar-refractivity contribution in [2.24, 2.45) is 4.99 Å². The van der Waals surface area contributed by atoms with Crippen LogP contribution in [0.15, 0.2) is 29.3 Å². The summed E-state index contributed by atoms with van der Waals surface area (Å²) < 4.78 is 5.35. The van der Waals surface area contributed by atoms with Gasteiger partial charge in [0, 0.05) is 45.7 Å². The summed E-state index contributed by atoms with van der Waals surface area (Å²) in [5.74, 6) is 0.750. The molecule has 0 aliphatic carbocycles. The Morgan fingerprint density at radius 3 is 2.43 bits per heavy atom. The van der Waals surface area contributed by atoms with Gasteiger partial charge < -0.3 is 20.5 Å². The van der Waals surface area contributed by atoms with Gasteiger partial charge in [0.1, 0.15) is 0 Å². The van der Waals surface area contributed by atoms with Crippen LogP contribution in [0.5, 0.6) is 0 Å². The number of hydrogen-bond acceptors (Lipinski definition) is 4. The smallest absolute Gasteiger partial charge is 0.191 e. The van der Waals surface area contributed by atoms with Crippen molar-refractivity contribution in [3.05, 3.63) is 35.4 Å². The Labute approximate surface area is 169 Å². The molecule has 0 saturated carbocycles. The Bertz CT molecular complexity index is 605. The van der Waals surface area contributed by atoms with Crippen molar-refractivity contribution in [2.75, 3.05) is 39.4 Å². The van der Waals surface area contributed by atoms with Gasteiger partial charge in [0.05, 0.1) is 12.1 Å². The van der Waals surface area contributed by atoms with Crippen molar-refractivity contribution in [2.45, 2.75) is 57.7 Å². The number of benzene rings is 1. The van der Waals surface area contributed by atoms with Crippen molar-refractivity contribution in [1.82, 2.24) is 15.5 Å². The first-order valence-corrected chi connectivity index (χ1v) is 10.8. The minimum Gasteiger partial charge on any atom is -0.388 e. The lowest BCUT2D eigenvalue weighted by atomic mass is 9.94. The highest BCUT2D eigenvalue weighted by Crippen LogP contribution is 2.19. The molecule has 0 radical (unpaired) electrons. The monoisotopic (exact) mass is 388 g/mol. The topological polar surface area (TPSA) is 69.1 Å². The van der Waals surface area contributed by atoms with E-state index < -0.39 is 5.60 Å². The molecule has 2 fully saturated rings. The molecule has 0 unspecified atom stereocenters. The summed E-state index contributed by atoms with van der Waals surface area (Å²) in [6, 6.07) is 8.81. The molecule has 2 aliphatic heterocycles. The molecule has 156 valence electrons. The molecule has 1 aromatic rings. The molecule has 28 heavy (non-hydrogen) atoms. The fourth-order valence-corrected chi connectivity index (χ4v) is 3.81. The fraction of sp³-hybridized carbons (Fsp3) is 0.682. The first-order valence-electron chi connectivity index (χ1n) is 10.8. The zero-order valence-corrected chi connectivity index (χ0v) is 17.3. The van der Waals surface area contributed by atoms with E-state index in [2.05, 4.69) is 51.7 Å². The molecule has 2 heterocycles. The lowest BCUT2D eigenvalue weighted by Gasteiger charge is -2.32. The third kappa shape index (κ3) is 6.76. The van der Waals surface area contributed by atoms with Gasteiger partial charge in [-0.05, 0) is 44.0 Å². The zero-order valence-electron chi connectivity index (χ0n) is 17.3. The number of aliphatic hydroxyl groups is 1. The standard InChI is InChI=1S/C22H36N4O2/c1-2-23-21(25-18-22(27)10-14-28-15-11-22)24-16-19-6-8-20(9-7-19)17-26-12-4-3-5-13-26/h6-9,27H,2-5,10-18H2,1H3,(H2,23,24,25). The predicted molar refractivity (Wildman–Crippen MR) is 113 cm³/mol. The maximum atomic E-state index is 10.6. The normalized spacial score (nSPS) is 20.7. The lowest BCUT2D eigenvalue weighted by molar-refractivity contribution is -0.0594. The first-order chi connectivity index (χ1) is 13.7. The van der Waals surface area contributed by atoms with Crippen LogP contribution in [0.3, 0.4) is 0 Å². The highest BCUT2D eigenvalue weighted by molar-refractivity contribution is 5.79. The van der Waals surface area contributed by atoms with Gasteiger partial charge in [0.2, 0.25) is 0 Å². The van der Waals surface area contributed by atoms with E-state index in [9.17, 15) is 5.11 Å². The van der Waals surface area contributed by atoms with E-state index in [0.717, 1.165) is 19.0 Å². The van der Waals surface area contributed by atoms with Crippen molar-refractivity contribution in [3.8, 4) is 0 Å². The average Bonchev–Trinajstić information content (AvgIpc) is 2.72. The molecule has 2 aliphatic rings. The van der Waals surface area contributed by atoms with Crippen molar-refractivity contribution in [3.63, 3.8) is 0 Å². The number of nitrogens with one attached hydrogen (secondary N) is 2. The molecule has 6 nitrogen and oxygen atoms in total. The number of rotatable bonds is 7. The summed E-state index contributed by atoms with van der Waals surface area (Å²) in [6.45, 7) is 8.71. The molecule has 1 aromatic carbocycles. The highest BCUT2D eigenvalue weighted by Gasteiger charge is 2.29. The van der Waals surface area contributed by atoms with E-state index in [1.165, 1.54) is 43.5 Å². The number of piperidine rings is 1. The van der Waals surface area contributed by atoms with Gasteiger partial charge in [-0.3, -0.25) is 4.90 Å². The highest BCUT2D eigenvalue weighted by atomic mass is 16.5. The van der Waals surface area contributed by atoms with Gasteiger partial charge in [0.15, 0.2) is 5.96 Å². The Balaban J connectivity index is 1.50. The predicted octanol–water partition coefficient (Wildman–Crippen LogP) is 2.27. The zero-order chi connectivity index (χ0) is 19.7. The molecule has 3 rings (SSSR count). The molecule has 0 atom stereocenters. The van der Waals surface area contributed by atoms with Crippen LogP contribution in [-0.4, -0.2) is 61.0 Å². The van der Waals surface area contributed by atoms with Crippen LogP contribution in [0.25, 0.3) is 0 Å². The molecular weight excluding hydrogens is 352 g/mol. The van der Waals surface area contributed by atoms with E-state index >= 15 is 0 Å². The average molecular weight is 389 g/mol. The van der Waals surface area contributed by atoms with E-state index in [1.54, 1.807) is 0 Å². The van der Waals surface area contributed by atoms with E-state index in [0.29, 0.717) is 39.1 Å². The second-order valence-corrected chi connectivity index (χ2v) is 8.04. The Morgan fingerprint density at radius 2 is 1.75 bits per heavy atom. The summed E-state index contributed by atoms with van der Waals surface area (Å²) in [4.78, 5) is 7.23. The quantitative estimate of drug-likeness (QED) is 0.494. The summed E-state index contributed by atoms with van der Waals surface area (Å²) in [5, 5.41) is 17.2. The summed E-state index contributed by atoms with van der Waals surface area (Å²) >= 11 is 0. The van der Waals surface area contributed by atoms with Crippen molar-refractivity contribution >= 4 is 5.96 Å². The van der Waals surface area contributed by atoms with Gasteiger partial charge in [-0.1, -0.05) is 30.7 Å². The van der Waals surface area contributed by atoms with Crippen molar-refractivity contribution in [1.29, 1.82) is 0 Å². The number of aliphatic imine (C=N–C) groups is 1. The number of guanidine groups is 1. The van der Waals surface area contributed by atoms with Crippen LogP contribution >= 0.6 is 0 Å². The molecule has 0 spiro atoms. The Morgan fingerprint density at radius 1 is 1.07 bits per heavy atom. The summed E-state index contributed by atoms with van der Waals surface area (Å²) in [6.07, 6.45) is 5.36. The molecule has 2 saturated heterocycles. The molecule has 0 amide bonds. The molecule has 3 N–H and O–H groups in total. The van der Waals surface area contributed by atoms with Crippen LogP contribution in [-0.2, 0) is 17.8 Å². The summed E-state index contributed by atoms with van der Waals surface area (Å²) in [7, 11) is 0. The second-order valence-electron chi connectivity index (χ2n) is 8.04. The molecule has 0 aromatic heterocycles. The van der Waals surface area contributed by atoms with Crippen LogP contribution in [0, 0.1) is 0 Å². The number of likely N-dealkylation sites (tertiary alicyclic amines) is 1. The third-order valence-corrected chi connectivity index (χ3v) is 5.65. The Hall–Kier alpha value is -1.63. The Kier molecular flexibility index (Phi) is 8.13. The molecule has 0 bridgehead atoms. The number of ether oxygens (including phenoxy) is 1. The third-order valence-electron chi connectivity index (χ3n) is 5.65. The SMILES string of the molecule is CCNC(=NCc1ccc(CN2CCCCC2)cc1)NCC1(O)CCOCC1. The summed E-state index contributed by atoms with van der Waals surface area (Å²) in [5.41, 5.74) is 1.87. The number of nitrogens with zero attached hydrogens (tertiary/aromatic N) is 2. The molecule has 6 heteroatoms. The van der Waals surface area contributed by atoms with E-state index in [4.69, 9.17) is 4.74 Å². The first kappa shape index (κ1) is 21.1. The minimum atomic E-state index is -0.704. The van der Waals surface area contributed by atoms with Gasteiger partial charge in [-0.2, -0.15) is 0 Å². The lowest BCUT2D eigenvalue weighted by Crippen LogP contribution is -2.49. The largest absolute Gasteiger partial charge is 0.388 e. The fourth-order valence-electron chi connectivity index (χ4n) is 3.81.